The quantitative estimate of drug-likeness (QED) is 0.550. The lowest BCUT2D eigenvalue weighted by Crippen LogP contribution is -2.14. The Bertz CT molecular complexity index is 1200. The van der Waals surface area contributed by atoms with E-state index in [0.29, 0.717) is 16.8 Å². The molecule has 0 saturated heterocycles. The number of nitrogens with two attached hydrogens (primary N) is 1. The van der Waals surface area contributed by atoms with Crippen LogP contribution in [0.2, 0.25) is 0 Å². The Morgan fingerprint density at radius 3 is 2.40 bits per heavy atom. The highest BCUT2D eigenvalue weighted by Crippen LogP contribution is 2.34. The SMILES string of the molecule is NC(=O)c1ccccc1-c1ccc(-n2nc(-c3cccnc3)cc2C(F)(F)F)cn1. The van der Waals surface area contributed by atoms with Gasteiger partial charge in [-0.2, -0.15) is 18.3 Å². The van der Waals surface area contributed by atoms with E-state index in [-0.39, 0.29) is 16.9 Å². The van der Waals surface area contributed by atoms with E-state index in [1.54, 1.807) is 36.4 Å². The Hall–Kier alpha value is -4.01. The summed E-state index contributed by atoms with van der Waals surface area (Å²) in [5, 5.41) is 4.11. The van der Waals surface area contributed by atoms with Crippen LogP contribution in [0.5, 0.6) is 0 Å². The molecule has 3 heterocycles. The van der Waals surface area contributed by atoms with Crippen LogP contribution in [0.15, 0.2) is 73.2 Å². The number of pyridine rings is 2. The number of hydrogen-bond acceptors (Lipinski definition) is 4. The van der Waals surface area contributed by atoms with Gasteiger partial charge in [0.15, 0.2) is 0 Å². The van der Waals surface area contributed by atoms with Crippen molar-refractivity contribution in [2.75, 3.05) is 0 Å². The Morgan fingerprint density at radius 2 is 1.77 bits per heavy atom. The molecule has 6 nitrogen and oxygen atoms in total. The van der Waals surface area contributed by atoms with E-state index >= 15 is 0 Å². The van der Waals surface area contributed by atoms with Crippen LogP contribution in [0.3, 0.4) is 0 Å². The van der Waals surface area contributed by atoms with E-state index in [1.165, 1.54) is 30.7 Å². The molecule has 0 saturated carbocycles. The molecule has 2 N–H and O–H groups in total. The fourth-order valence-electron chi connectivity index (χ4n) is 3.03. The van der Waals surface area contributed by atoms with Crippen LogP contribution in [-0.4, -0.2) is 25.7 Å². The number of primary amides is 1. The minimum atomic E-state index is -4.62. The molecular formula is C21H14F3N5O. The summed E-state index contributed by atoms with van der Waals surface area (Å²) in [5.74, 6) is -0.621. The first-order valence-electron chi connectivity index (χ1n) is 8.78. The van der Waals surface area contributed by atoms with Gasteiger partial charge in [0.1, 0.15) is 5.69 Å². The van der Waals surface area contributed by atoms with Gasteiger partial charge in [0.25, 0.3) is 0 Å². The van der Waals surface area contributed by atoms with Crippen LogP contribution in [0.25, 0.3) is 28.2 Å². The van der Waals surface area contributed by atoms with Gasteiger partial charge < -0.3 is 5.73 Å². The molecule has 1 aromatic carbocycles. The Morgan fingerprint density at radius 1 is 0.967 bits per heavy atom. The molecule has 150 valence electrons. The summed E-state index contributed by atoms with van der Waals surface area (Å²) >= 11 is 0. The summed E-state index contributed by atoms with van der Waals surface area (Å²) in [7, 11) is 0. The summed E-state index contributed by atoms with van der Waals surface area (Å²) in [5.41, 5.74) is 6.34. The molecule has 0 bridgehead atoms. The van der Waals surface area contributed by atoms with E-state index in [1.807, 2.05) is 0 Å². The van der Waals surface area contributed by atoms with Crippen molar-refractivity contribution in [2.45, 2.75) is 6.18 Å². The molecule has 1 amide bonds. The Balaban J connectivity index is 1.78. The number of aromatic nitrogens is 4. The van der Waals surface area contributed by atoms with Crippen molar-refractivity contribution in [3.05, 3.63) is 84.4 Å². The van der Waals surface area contributed by atoms with Crippen molar-refractivity contribution in [3.8, 4) is 28.2 Å². The molecular weight excluding hydrogens is 395 g/mol. The van der Waals surface area contributed by atoms with Gasteiger partial charge in [-0.25, -0.2) is 4.68 Å². The second-order valence-electron chi connectivity index (χ2n) is 6.38. The molecule has 0 aliphatic heterocycles. The predicted octanol–water partition coefficient (Wildman–Crippen LogP) is 4.11. The molecule has 0 fully saturated rings. The lowest BCUT2D eigenvalue weighted by molar-refractivity contribution is -0.142. The highest BCUT2D eigenvalue weighted by atomic mass is 19.4. The van der Waals surface area contributed by atoms with Crippen molar-refractivity contribution < 1.29 is 18.0 Å². The van der Waals surface area contributed by atoms with E-state index < -0.39 is 17.8 Å². The van der Waals surface area contributed by atoms with Crippen molar-refractivity contribution >= 4 is 5.91 Å². The number of carbonyl (C=O) groups is 1. The smallest absolute Gasteiger partial charge is 0.366 e. The second kappa shape index (κ2) is 7.43. The Kier molecular flexibility index (Phi) is 4.78. The average molecular weight is 409 g/mol. The van der Waals surface area contributed by atoms with Gasteiger partial charge in [0.2, 0.25) is 5.91 Å². The molecule has 0 aliphatic carbocycles. The molecule has 0 radical (unpaired) electrons. The molecule has 3 aromatic heterocycles. The van der Waals surface area contributed by atoms with Crippen molar-refractivity contribution in [1.29, 1.82) is 0 Å². The van der Waals surface area contributed by atoms with Crippen LogP contribution < -0.4 is 5.73 Å². The maximum absolute atomic E-state index is 13.6. The second-order valence-corrected chi connectivity index (χ2v) is 6.38. The van der Waals surface area contributed by atoms with Gasteiger partial charge in [-0.3, -0.25) is 14.8 Å². The summed E-state index contributed by atoms with van der Waals surface area (Å²) in [6.45, 7) is 0. The highest BCUT2D eigenvalue weighted by molar-refractivity contribution is 5.99. The lowest BCUT2D eigenvalue weighted by Gasteiger charge is -2.11. The van der Waals surface area contributed by atoms with Crippen molar-refractivity contribution in [2.24, 2.45) is 5.73 Å². The maximum atomic E-state index is 13.6. The van der Waals surface area contributed by atoms with Gasteiger partial charge in [-0.15, -0.1) is 0 Å². The zero-order valence-corrected chi connectivity index (χ0v) is 15.3. The molecule has 0 atom stereocenters. The first kappa shape index (κ1) is 19.3. The third kappa shape index (κ3) is 3.64. The number of rotatable bonds is 4. The minimum absolute atomic E-state index is 0.123. The molecule has 0 spiro atoms. The fraction of sp³-hybridized carbons (Fsp3) is 0.0476. The molecule has 9 heteroatoms. The number of halogens is 3. The first-order chi connectivity index (χ1) is 14.3. The third-order valence-electron chi connectivity index (χ3n) is 4.42. The monoisotopic (exact) mass is 409 g/mol. The number of benzene rings is 1. The van der Waals surface area contributed by atoms with E-state index in [0.717, 1.165) is 10.7 Å². The van der Waals surface area contributed by atoms with Gasteiger partial charge in [-0.05, 0) is 36.4 Å². The molecule has 4 rings (SSSR count). The summed E-state index contributed by atoms with van der Waals surface area (Å²) < 4.78 is 41.6. The number of hydrogen-bond donors (Lipinski definition) is 1. The van der Waals surface area contributed by atoms with Gasteiger partial charge in [0, 0.05) is 29.1 Å². The van der Waals surface area contributed by atoms with Gasteiger partial charge >= 0.3 is 6.18 Å². The van der Waals surface area contributed by atoms with Crippen LogP contribution in [0.1, 0.15) is 16.1 Å². The number of amides is 1. The average Bonchev–Trinajstić information content (AvgIpc) is 3.21. The van der Waals surface area contributed by atoms with E-state index in [9.17, 15) is 18.0 Å². The largest absolute Gasteiger partial charge is 0.433 e. The lowest BCUT2D eigenvalue weighted by atomic mass is 10.0. The third-order valence-corrected chi connectivity index (χ3v) is 4.42. The number of carbonyl (C=O) groups excluding carboxylic acids is 1. The predicted molar refractivity (Wildman–Crippen MR) is 104 cm³/mol. The van der Waals surface area contributed by atoms with E-state index in [2.05, 4.69) is 15.1 Å². The van der Waals surface area contributed by atoms with Gasteiger partial charge in [0.05, 0.1) is 23.3 Å². The standard InChI is InChI=1S/C21H14F3N5O/c22-21(23,24)19-10-18(13-4-3-9-26-11-13)28-29(19)14-7-8-17(27-12-14)15-5-1-2-6-16(15)20(25)30/h1-12H,(H2,25,30). The van der Waals surface area contributed by atoms with Crippen molar-refractivity contribution in [3.63, 3.8) is 0 Å². The van der Waals surface area contributed by atoms with Crippen LogP contribution in [-0.2, 0) is 6.18 Å². The molecule has 30 heavy (non-hydrogen) atoms. The first-order valence-corrected chi connectivity index (χ1v) is 8.78. The normalized spacial score (nSPS) is 11.4. The Labute approximate surface area is 168 Å². The van der Waals surface area contributed by atoms with Crippen molar-refractivity contribution in [1.82, 2.24) is 19.7 Å². The number of nitrogens with zero attached hydrogens (tertiary/aromatic N) is 4. The summed E-state index contributed by atoms with van der Waals surface area (Å²) in [6, 6.07) is 13.8. The molecule has 0 aliphatic rings. The molecule has 4 aromatic rings. The number of alkyl halides is 3. The zero-order chi connectivity index (χ0) is 21.3. The summed E-state index contributed by atoms with van der Waals surface area (Å²) in [4.78, 5) is 19.8. The maximum Gasteiger partial charge on any atom is 0.433 e. The zero-order valence-electron chi connectivity index (χ0n) is 15.3. The topological polar surface area (TPSA) is 86.7 Å². The fourth-order valence-corrected chi connectivity index (χ4v) is 3.03. The van der Waals surface area contributed by atoms with E-state index in [4.69, 9.17) is 5.73 Å². The van der Waals surface area contributed by atoms with Crippen LogP contribution >= 0.6 is 0 Å². The minimum Gasteiger partial charge on any atom is -0.366 e. The van der Waals surface area contributed by atoms with Crippen LogP contribution in [0, 0.1) is 0 Å². The highest BCUT2D eigenvalue weighted by Gasteiger charge is 2.36. The van der Waals surface area contributed by atoms with Gasteiger partial charge in [-0.1, -0.05) is 18.2 Å². The summed E-state index contributed by atoms with van der Waals surface area (Å²) in [6.07, 6.45) is -0.389. The molecule has 0 unspecified atom stereocenters. The van der Waals surface area contributed by atoms with Crippen LogP contribution in [0.4, 0.5) is 13.2 Å².